The second-order valence-electron chi connectivity index (χ2n) is 8.60. The van der Waals surface area contributed by atoms with Gasteiger partial charge >= 0.3 is 0 Å². The molecular weight excluding hydrogens is 402 g/mol. The molecule has 0 aliphatic carbocycles. The number of carbonyl (C=O) groups is 1. The zero-order valence-electron chi connectivity index (χ0n) is 20.4. The molecule has 0 saturated carbocycles. The molecule has 176 valence electrons. The first-order chi connectivity index (χ1) is 15.4. The van der Waals surface area contributed by atoms with Crippen molar-refractivity contribution >= 4 is 5.91 Å². The number of amides is 1. The van der Waals surface area contributed by atoms with Gasteiger partial charge in [-0.1, -0.05) is 58.9 Å². The number of methoxy groups -OCH3 is 1. The van der Waals surface area contributed by atoms with Crippen molar-refractivity contribution in [3.8, 4) is 17.2 Å². The van der Waals surface area contributed by atoms with E-state index in [4.69, 9.17) is 14.2 Å². The highest BCUT2D eigenvalue weighted by molar-refractivity contribution is 5.81. The number of hydrogen-bond acceptors (Lipinski definition) is 4. The van der Waals surface area contributed by atoms with Crippen LogP contribution in [0.2, 0.25) is 0 Å². The number of hydrogen-bond donors (Lipinski definition) is 1. The molecule has 0 fully saturated rings. The minimum absolute atomic E-state index is 0.123. The molecule has 5 nitrogen and oxygen atoms in total. The van der Waals surface area contributed by atoms with Gasteiger partial charge < -0.3 is 19.5 Å². The Morgan fingerprint density at radius 1 is 0.969 bits per heavy atom. The molecule has 2 atom stereocenters. The van der Waals surface area contributed by atoms with Crippen LogP contribution in [0, 0.1) is 5.92 Å². The highest BCUT2D eigenvalue weighted by atomic mass is 16.5. The molecule has 0 aromatic heterocycles. The lowest BCUT2D eigenvalue weighted by atomic mass is 9.98. The van der Waals surface area contributed by atoms with Crippen molar-refractivity contribution in [3.05, 3.63) is 53.6 Å². The summed E-state index contributed by atoms with van der Waals surface area (Å²) in [5.41, 5.74) is 2.08. The number of rotatable bonds is 13. The van der Waals surface area contributed by atoms with Gasteiger partial charge in [0.05, 0.1) is 13.7 Å². The average Bonchev–Trinajstić information content (AvgIpc) is 2.80. The van der Waals surface area contributed by atoms with Crippen LogP contribution in [0.3, 0.4) is 0 Å². The summed E-state index contributed by atoms with van der Waals surface area (Å²) < 4.78 is 17.5. The fourth-order valence-electron chi connectivity index (χ4n) is 3.34. The van der Waals surface area contributed by atoms with E-state index in [1.807, 2.05) is 43.3 Å². The van der Waals surface area contributed by atoms with Crippen molar-refractivity contribution in [2.24, 2.45) is 5.92 Å². The summed E-state index contributed by atoms with van der Waals surface area (Å²) in [6, 6.07) is 13.7. The van der Waals surface area contributed by atoms with Crippen molar-refractivity contribution in [3.63, 3.8) is 0 Å². The number of para-hydroxylation sites is 1. The van der Waals surface area contributed by atoms with Crippen molar-refractivity contribution in [2.45, 2.75) is 72.4 Å². The average molecular weight is 442 g/mol. The van der Waals surface area contributed by atoms with Gasteiger partial charge in [0.2, 0.25) is 0 Å². The third-order valence-corrected chi connectivity index (χ3v) is 5.64. The molecule has 5 heteroatoms. The number of nitrogens with one attached hydrogen (secondary N) is 1. The van der Waals surface area contributed by atoms with Crippen molar-refractivity contribution in [1.82, 2.24) is 5.32 Å². The number of carbonyl (C=O) groups excluding carboxylic acids is 1. The summed E-state index contributed by atoms with van der Waals surface area (Å²) in [6.07, 6.45) is 2.05. The lowest BCUT2D eigenvalue weighted by molar-refractivity contribution is -0.128. The quantitative estimate of drug-likeness (QED) is 0.408. The van der Waals surface area contributed by atoms with Gasteiger partial charge in [-0.3, -0.25) is 4.79 Å². The predicted octanol–water partition coefficient (Wildman–Crippen LogP) is 6.11. The smallest absolute Gasteiger partial charge is 0.261 e. The van der Waals surface area contributed by atoms with E-state index in [1.54, 1.807) is 7.11 Å². The monoisotopic (exact) mass is 441 g/mol. The van der Waals surface area contributed by atoms with Crippen LogP contribution in [0.15, 0.2) is 42.5 Å². The molecule has 2 rings (SSSR count). The summed E-state index contributed by atoms with van der Waals surface area (Å²) in [6.45, 7) is 11.7. The number of benzene rings is 2. The maximum absolute atomic E-state index is 12.8. The summed E-state index contributed by atoms with van der Waals surface area (Å²) in [7, 11) is 1.63. The van der Waals surface area contributed by atoms with Crippen LogP contribution in [0.25, 0.3) is 0 Å². The summed E-state index contributed by atoms with van der Waals surface area (Å²) >= 11 is 0. The van der Waals surface area contributed by atoms with Crippen molar-refractivity contribution < 1.29 is 19.0 Å². The van der Waals surface area contributed by atoms with Gasteiger partial charge in [-0.15, -0.1) is 0 Å². The third kappa shape index (κ3) is 7.47. The molecule has 0 heterocycles. The van der Waals surface area contributed by atoms with E-state index in [9.17, 15) is 4.79 Å². The Hall–Kier alpha value is -2.69. The largest absolute Gasteiger partial charge is 0.493 e. The van der Waals surface area contributed by atoms with E-state index >= 15 is 0 Å². The van der Waals surface area contributed by atoms with Crippen molar-refractivity contribution in [2.75, 3.05) is 13.7 Å². The first-order valence-electron chi connectivity index (χ1n) is 11.7. The summed E-state index contributed by atoms with van der Waals surface area (Å²) in [4.78, 5) is 12.8. The second kappa shape index (κ2) is 13.0. The highest BCUT2D eigenvalue weighted by Crippen LogP contribution is 2.30. The minimum atomic E-state index is -0.541. The number of ether oxygens (including phenoxy) is 3. The zero-order chi connectivity index (χ0) is 23.5. The van der Waals surface area contributed by atoms with E-state index in [-0.39, 0.29) is 5.91 Å². The van der Waals surface area contributed by atoms with Crippen molar-refractivity contribution in [1.29, 1.82) is 0 Å². The molecule has 0 aliphatic rings. The zero-order valence-corrected chi connectivity index (χ0v) is 20.4. The Bertz CT molecular complexity index is 849. The predicted molar refractivity (Wildman–Crippen MR) is 130 cm³/mol. The summed E-state index contributed by atoms with van der Waals surface area (Å²) in [5.74, 6) is 3.02. The first kappa shape index (κ1) is 25.6. The van der Waals surface area contributed by atoms with Gasteiger partial charge in [0.25, 0.3) is 5.91 Å². The summed E-state index contributed by atoms with van der Waals surface area (Å²) in [5, 5.41) is 3.00. The fraction of sp³-hybridized carbons (Fsp3) is 0.519. The lowest BCUT2D eigenvalue weighted by Gasteiger charge is -2.21. The van der Waals surface area contributed by atoms with E-state index in [2.05, 4.69) is 39.1 Å². The second-order valence-corrected chi connectivity index (χ2v) is 8.60. The molecular formula is C27H39NO4. The Balaban J connectivity index is 2.00. The molecule has 1 N–H and O–H groups in total. The van der Waals surface area contributed by atoms with Crippen LogP contribution in [0.4, 0.5) is 0 Å². The van der Waals surface area contributed by atoms with Crippen LogP contribution in [-0.4, -0.2) is 25.7 Å². The molecule has 0 spiro atoms. The van der Waals surface area contributed by atoms with Crippen LogP contribution in [0.5, 0.6) is 17.2 Å². The van der Waals surface area contributed by atoms with Crippen LogP contribution in [0.1, 0.15) is 70.9 Å². The molecule has 2 aromatic rings. The maximum Gasteiger partial charge on any atom is 0.261 e. The van der Waals surface area contributed by atoms with Gasteiger partial charge in [-0.25, -0.2) is 0 Å². The van der Waals surface area contributed by atoms with Gasteiger partial charge in [0.1, 0.15) is 5.75 Å². The molecule has 1 amide bonds. The molecule has 2 unspecified atom stereocenters. The molecule has 32 heavy (non-hydrogen) atoms. The van der Waals surface area contributed by atoms with E-state index < -0.39 is 6.10 Å². The Morgan fingerprint density at radius 2 is 1.72 bits per heavy atom. The van der Waals surface area contributed by atoms with Crippen LogP contribution >= 0.6 is 0 Å². The van der Waals surface area contributed by atoms with Gasteiger partial charge in [0.15, 0.2) is 17.6 Å². The van der Waals surface area contributed by atoms with E-state index in [0.29, 0.717) is 37.2 Å². The molecule has 0 aliphatic heterocycles. The SMILES string of the molecule is CCC(Oc1ccccc1C(C)CC)C(=O)NCc1ccc(OCCC(C)C)c(OC)c1. The Morgan fingerprint density at radius 3 is 2.38 bits per heavy atom. The maximum atomic E-state index is 12.8. The first-order valence-corrected chi connectivity index (χ1v) is 11.7. The standard InChI is InChI=1S/C27H39NO4/c1-7-20(5)22-11-9-10-12-24(22)32-23(8-2)27(29)28-18-21-13-14-25(26(17-21)30-6)31-16-15-19(3)4/h9-14,17,19-20,23H,7-8,15-16,18H2,1-6H3,(H,28,29). The molecule has 0 saturated heterocycles. The third-order valence-electron chi connectivity index (χ3n) is 5.64. The highest BCUT2D eigenvalue weighted by Gasteiger charge is 2.20. The minimum Gasteiger partial charge on any atom is -0.493 e. The van der Waals surface area contributed by atoms with E-state index in [0.717, 1.165) is 35.5 Å². The van der Waals surface area contributed by atoms with Crippen LogP contribution < -0.4 is 19.5 Å². The molecule has 2 aromatic carbocycles. The Kier molecular flexibility index (Phi) is 10.4. The fourth-order valence-corrected chi connectivity index (χ4v) is 3.34. The van der Waals surface area contributed by atoms with E-state index in [1.165, 1.54) is 0 Å². The van der Waals surface area contributed by atoms with Gasteiger partial charge in [0, 0.05) is 6.54 Å². The van der Waals surface area contributed by atoms with Crippen LogP contribution in [-0.2, 0) is 11.3 Å². The van der Waals surface area contributed by atoms with Gasteiger partial charge in [-0.2, -0.15) is 0 Å². The Labute approximate surface area is 193 Å². The normalized spacial score (nSPS) is 12.8. The van der Waals surface area contributed by atoms with Gasteiger partial charge in [-0.05, 0) is 60.4 Å². The lowest BCUT2D eigenvalue weighted by Crippen LogP contribution is -2.37. The molecule has 0 radical (unpaired) electrons. The topological polar surface area (TPSA) is 56.8 Å². The molecule has 0 bridgehead atoms.